The van der Waals surface area contributed by atoms with Crippen LogP contribution in [0.25, 0.3) is 0 Å². The van der Waals surface area contributed by atoms with Gasteiger partial charge in [-0.3, -0.25) is 4.90 Å². The number of hydrogen-bond donors (Lipinski definition) is 1. The number of nitrogens with zero attached hydrogens (tertiary/aromatic N) is 2. The molecule has 2 fully saturated rings. The Morgan fingerprint density at radius 3 is 2.92 bits per heavy atom. The maximum atomic E-state index is 12.3. The van der Waals surface area contributed by atoms with Gasteiger partial charge in [-0.25, -0.2) is 8.93 Å². The first-order chi connectivity index (χ1) is 11.7. The molecule has 0 radical (unpaired) electrons. The minimum atomic E-state index is -1.27. The summed E-state index contributed by atoms with van der Waals surface area (Å²) in [6.07, 6.45) is 5.87. The van der Waals surface area contributed by atoms with E-state index in [1.807, 2.05) is 13.0 Å². The summed E-state index contributed by atoms with van der Waals surface area (Å²) in [5.41, 5.74) is 0.687. The van der Waals surface area contributed by atoms with Gasteiger partial charge >= 0.3 is 0 Å². The largest absolute Gasteiger partial charge is 0.476 e. The topological polar surface area (TPSA) is 63.7 Å². The van der Waals surface area contributed by atoms with Crippen molar-refractivity contribution in [3.8, 4) is 11.8 Å². The zero-order valence-electron chi connectivity index (χ0n) is 14.2. The van der Waals surface area contributed by atoms with E-state index in [2.05, 4.69) is 14.6 Å². The Labute approximate surface area is 145 Å². The average Bonchev–Trinajstić information content (AvgIpc) is 3.37. The Morgan fingerprint density at radius 2 is 2.17 bits per heavy atom. The third-order valence-corrected chi connectivity index (χ3v) is 6.14. The van der Waals surface area contributed by atoms with E-state index in [1.54, 1.807) is 0 Å². The second-order valence-electron chi connectivity index (χ2n) is 7.04. The van der Waals surface area contributed by atoms with Crippen molar-refractivity contribution in [3.63, 3.8) is 0 Å². The van der Waals surface area contributed by atoms with Gasteiger partial charge in [-0.1, -0.05) is 6.42 Å². The fourth-order valence-electron chi connectivity index (χ4n) is 3.30. The molecular formula is C17H25N3O3S. The molecule has 1 atom stereocenters. The second kappa shape index (κ2) is 6.61. The quantitative estimate of drug-likeness (QED) is 0.896. The maximum Gasteiger partial charge on any atom is 0.235 e. The Bertz CT molecular complexity index is 642. The van der Waals surface area contributed by atoms with Gasteiger partial charge in [0, 0.05) is 18.7 Å². The molecule has 1 saturated carbocycles. The Hall–Kier alpha value is -1.18. The van der Waals surface area contributed by atoms with Crippen LogP contribution in [0.4, 0.5) is 0 Å². The van der Waals surface area contributed by atoms with Gasteiger partial charge in [0.2, 0.25) is 11.8 Å². The van der Waals surface area contributed by atoms with Crippen LogP contribution in [0.3, 0.4) is 0 Å². The summed E-state index contributed by atoms with van der Waals surface area (Å²) in [6.45, 7) is 6.43. The zero-order valence-corrected chi connectivity index (χ0v) is 15.0. The van der Waals surface area contributed by atoms with Gasteiger partial charge in [0.1, 0.15) is 28.1 Å². The minimum Gasteiger partial charge on any atom is -0.476 e. The molecular weight excluding hydrogens is 326 g/mol. The molecule has 1 saturated heterocycles. The number of piperidine rings is 1. The maximum absolute atomic E-state index is 12.3. The number of ether oxygens (including phenoxy) is 2. The van der Waals surface area contributed by atoms with Crippen LogP contribution in [0, 0.1) is 6.92 Å². The predicted molar refractivity (Wildman–Crippen MR) is 91.8 cm³/mol. The standard InChI is InChI=1S/C17H25N3O3S/c1-13-11-14-16(23-17(5-6-17)12-18-24(14)21)19-15(13)22-10-9-20-7-3-2-4-8-20/h11,18H,2-10,12H2,1H3. The molecule has 0 bridgehead atoms. The molecule has 7 heteroatoms. The predicted octanol–water partition coefficient (Wildman–Crippen LogP) is 1.79. The van der Waals surface area contributed by atoms with E-state index in [0.717, 1.165) is 38.0 Å². The summed E-state index contributed by atoms with van der Waals surface area (Å²) in [5, 5.41) is 0. The molecule has 3 aliphatic rings. The third kappa shape index (κ3) is 3.43. The van der Waals surface area contributed by atoms with Gasteiger partial charge in [0.25, 0.3) is 0 Å². The van der Waals surface area contributed by atoms with Crippen molar-refractivity contribution in [1.29, 1.82) is 0 Å². The molecule has 6 nitrogen and oxygen atoms in total. The molecule has 1 aliphatic carbocycles. The SMILES string of the molecule is Cc1cc2c(nc1OCCN1CCCCC1)OC1(CC1)CNS2=O. The van der Waals surface area contributed by atoms with Crippen molar-refractivity contribution >= 4 is 11.0 Å². The summed E-state index contributed by atoms with van der Waals surface area (Å²) in [6, 6.07) is 1.88. The minimum absolute atomic E-state index is 0.214. The van der Waals surface area contributed by atoms with Gasteiger partial charge in [-0.2, -0.15) is 4.98 Å². The zero-order chi connectivity index (χ0) is 16.6. The first-order valence-electron chi connectivity index (χ1n) is 8.86. The lowest BCUT2D eigenvalue weighted by atomic mass is 10.1. The average molecular weight is 351 g/mol. The number of likely N-dealkylation sites (tertiary alicyclic amines) is 1. The molecule has 132 valence electrons. The lowest BCUT2D eigenvalue weighted by Crippen LogP contribution is -2.33. The summed E-state index contributed by atoms with van der Waals surface area (Å²) in [7, 11) is -1.27. The second-order valence-corrected chi connectivity index (χ2v) is 8.31. The number of aryl methyl sites for hydroxylation is 1. The Balaban J connectivity index is 1.45. The molecule has 0 amide bonds. The van der Waals surface area contributed by atoms with Crippen molar-refractivity contribution in [3.05, 3.63) is 11.6 Å². The summed E-state index contributed by atoms with van der Waals surface area (Å²) >= 11 is 0. The van der Waals surface area contributed by atoms with Crippen LogP contribution in [-0.2, 0) is 11.0 Å². The molecule has 24 heavy (non-hydrogen) atoms. The van der Waals surface area contributed by atoms with Crippen LogP contribution in [-0.4, -0.2) is 52.5 Å². The van der Waals surface area contributed by atoms with Crippen LogP contribution >= 0.6 is 0 Å². The molecule has 3 heterocycles. The molecule has 0 aromatic carbocycles. The fraction of sp³-hybridized carbons (Fsp3) is 0.706. The summed E-state index contributed by atoms with van der Waals surface area (Å²) in [5.74, 6) is 1.06. The van der Waals surface area contributed by atoms with Gasteiger partial charge in [-0.05, 0) is 51.8 Å². The van der Waals surface area contributed by atoms with E-state index in [1.165, 1.54) is 19.3 Å². The number of rotatable bonds is 4. The molecule has 1 spiro atoms. The highest BCUT2D eigenvalue weighted by molar-refractivity contribution is 7.83. The molecule has 1 N–H and O–H groups in total. The van der Waals surface area contributed by atoms with Crippen LogP contribution in [0.15, 0.2) is 11.0 Å². The molecule has 1 aromatic heterocycles. The van der Waals surface area contributed by atoms with Gasteiger partial charge < -0.3 is 9.47 Å². The fourth-order valence-corrected chi connectivity index (χ4v) is 4.38. The lowest BCUT2D eigenvalue weighted by molar-refractivity contribution is 0.164. The number of hydrogen-bond acceptors (Lipinski definition) is 5. The van der Waals surface area contributed by atoms with E-state index in [0.29, 0.717) is 29.8 Å². The van der Waals surface area contributed by atoms with E-state index in [9.17, 15) is 4.21 Å². The Morgan fingerprint density at radius 1 is 1.38 bits per heavy atom. The lowest BCUT2D eigenvalue weighted by Gasteiger charge is -2.26. The highest BCUT2D eigenvalue weighted by Crippen LogP contribution is 2.43. The van der Waals surface area contributed by atoms with Crippen LogP contribution in [0.5, 0.6) is 11.8 Å². The van der Waals surface area contributed by atoms with Crippen molar-refractivity contribution in [1.82, 2.24) is 14.6 Å². The van der Waals surface area contributed by atoms with Gasteiger partial charge in [0.05, 0.1) is 0 Å². The summed E-state index contributed by atoms with van der Waals surface area (Å²) < 4.78 is 27.4. The Kier molecular flexibility index (Phi) is 4.49. The third-order valence-electron chi connectivity index (χ3n) is 5.04. The molecule has 1 unspecified atom stereocenters. The van der Waals surface area contributed by atoms with Gasteiger partial charge in [-0.15, -0.1) is 0 Å². The number of pyridine rings is 1. The highest BCUT2D eigenvalue weighted by Gasteiger charge is 2.48. The van der Waals surface area contributed by atoms with E-state index in [-0.39, 0.29) is 5.60 Å². The smallest absolute Gasteiger partial charge is 0.235 e. The number of nitrogens with one attached hydrogen (secondary N) is 1. The molecule has 1 aromatic rings. The first-order valence-corrected chi connectivity index (χ1v) is 10.0. The van der Waals surface area contributed by atoms with Crippen LogP contribution < -0.4 is 14.2 Å². The van der Waals surface area contributed by atoms with Crippen molar-refractivity contribution in [2.45, 2.75) is 49.5 Å². The van der Waals surface area contributed by atoms with Crippen molar-refractivity contribution < 1.29 is 13.7 Å². The first kappa shape index (κ1) is 16.3. The van der Waals surface area contributed by atoms with Crippen molar-refractivity contribution in [2.75, 3.05) is 32.8 Å². The molecule has 2 aliphatic heterocycles. The van der Waals surface area contributed by atoms with E-state index < -0.39 is 11.0 Å². The van der Waals surface area contributed by atoms with E-state index >= 15 is 0 Å². The van der Waals surface area contributed by atoms with Crippen molar-refractivity contribution in [2.24, 2.45) is 0 Å². The van der Waals surface area contributed by atoms with Crippen LogP contribution in [0.2, 0.25) is 0 Å². The highest BCUT2D eigenvalue weighted by atomic mass is 32.2. The monoisotopic (exact) mass is 351 g/mol. The van der Waals surface area contributed by atoms with Gasteiger partial charge in [0.15, 0.2) is 0 Å². The van der Waals surface area contributed by atoms with E-state index in [4.69, 9.17) is 9.47 Å². The number of fused-ring (bicyclic) bond motifs is 1. The molecule has 4 rings (SSSR count). The van der Waals surface area contributed by atoms with Crippen LogP contribution in [0.1, 0.15) is 37.7 Å². The number of aromatic nitrogens is 1. The summed E-state index contributed by atoms with van der Waals surface area (Å²) in [4.78, 5) is 7.61. The normalized spacial score (nSPS) is 25.6.